The van der Waals surface area contributed by atoms with Crippen LogP contribution in [0.3, 0.4) is 0 Å². The summed E-state index contributed by atoms with van der Waals surface area (Å²) in [7, 11) is 1.45. The zero-order valence-corrected chi connectivity index (χ0v) is 33.7. The molecule has 1 aromatic heterocycles. The second-order valence-corrected chi connectivity index (χ2v) is 15.4. The van der Waals surface area contributed by atoms with Gasteiger partial charge in [-0.05, 0) is 72.7 Å². The van der Waals surface area contributed by atoms with Gasteiger partial charge in [-0.25, -0.2) is 14.4 Å². The number of hydrogen-bond acceptors (Lipinski definition) is 13. The maximum atomic E-state index is 13.9. The first-order valence-corrected chi connectivity index (χ1v) is 20.3. The molecule has 3 aromatic rings. The highest BCUT2D eigenvalue weighted by Gasteiger charge is 2.36. The molecule has 7 atom stereocenters. The Morgan fingerprint density at radius 2 is 1.72 bits per heavy atom. The molecule has 1 fully saturated rings. The Morgan fingerprint density at radius 1 is 0.983 bits per heavy atom. The summed E-state index contributed by atoms with van der Waals surface area (Å²) in [6.45, 7) is 1.48. The van der Waals surface area contributed by atoms with Gasteiger partial charge < -0.3 is 51.3 Å². The van der Waals surface area contributed by atoms with Crippen LogP contribution in [0.4, 0.5) is 4.79 Å². The van der Waals surface area contributed by atoms with Gasteiger partial charge in [0.15, 0.2) is 0 Å². The summed E-state index contributed by atoms with van der Waals surface area (Å²) in [6.07, 6.45) is 1.60. The summed E-state index contributed by atoms with van der Waals surface area (Å²) >= 11 is 1.37. The number of nitrogens with one attached hydrogen (secondary N) is 6. The topological polar surface area (TPSA) is 294 Å². The van der Waals surface area contributed by atoms with Crippen molar-refractivity contribution < 1.29 is 49.1 Å². The number of nitrogens with zero attached hydrogens (tertiary/aromatic N) is 2. The van der Waals surface area contributed by atoms with Crippen molar-refractivity contribution in [3.63, 3.8) is 0 Å². The monoisotopic (exact) mass is 852 g/mol. The Labute approximate surface area is 347 Å². The highest BCUT2D eigenvalue weighted by molar-refractivity contribution is 7.98. The molecule has 3 unspecified atom stereocenters. The quantitative estimate of drug-likeness (QED) is 0.0872. The number of aliphatic hydroxyl groups is 1. The van der Waals surface area contributed by atoms with Crippen molar-refractivity contribution >= 4 is 41.5 Å². The highest BCUT2D eigenvalue weighted by Crippen LogP contribution is 2.30. The third kappa shape index (κ3) is 11.7. The van der Waals surface area contributed by atoms with Crippen LogP contribution in [-0.4, -0.2) is 120 Å². The van der Waals surface area contributed by atoms with Crippen molar-refractivity contribution in [1.82, 2.24) is 41.0 Å². The van der Waals surface area contributed by atoms with E-state index < -0.39 is 77.5 Å². The zero-order chi connectivity index (χ0) is 43.7. The van der Waals surface area contributed by atoms with Crippen LogP contribution in [0.25, 0.3) is 0 Å². The molecule has 322 valence electrons. The molecule has 2 aromatic carbocycles. The van der Waals surface area contributed by atoms with E-state index in [1.165, 1.54) is 48.0 Å². The number of aliphatic carboxylic acids is 1. The Bertz CT molecular complexity index is 2230. The third-order valence-electron chi connectivity index (χ3n) is 9.93. The number of aromatic hydroxyl groups is 2. The van der Waals surface area contributed by atoms with Crippen molar-refractivity contribution in [3.8, 4) is 11.5 Å². The second kappa shape index (κ2) is 20.1. The lowest BCUT2D eigenvalue weighted by atomic mass is 9.90. The summed E-state index contributed by atoms with van der Waals surface area (Å²) in [6, 6.07) is 5.64. The first-order chi connectivity index (χ1) is 28.5. The van der Waals surface area contributed by atoms with E-state index in [2.05, 4.69) is 31.6 Å². The number of benzene rings is 2. The van der Waals surface area contributed by atoms with Crippen LogP contribution in [0.2, 0.25) is 0 Å². The first kappa shape index (κ1) is 44.8. The number of thioether (sulfide) groups is 1. The molecule has 10 N–H and O–H groups in total. The van der Waals surface area contributed by atoms with Gasteiger partial charge in [-0.2, -0.15) is 11.8 Å². The van der Waals surface area contributed by atoms with E-state index in [4.69, 9.17) is 4.74 Å². The van der Waals surface area contributed by atoms with Gasteiger partial charge in [0.05, 0.1) is 6.04 Å². The average Bonchev–Trinajstić information content (AvgIpc) is 3.57. The molecule has 21 heteroatoms. The Kier molecular flexibility index (Phi) is 15.0. The van der Waals surface area contributed by atoms with Crippen LogP contribution in [0, 0.1) is 0 Å². The van der Waals surface area contributed by atoms with Crippen LogP contribution in [0.1, 0.15) is 48.7 Å². The van der Waals surface area contributed by atoms with E-state index in [0.29, 0.717) is 11.3 Å². The number of phenolic OH excluding ortho intramolecular Hbond substituents is 2. The minimum atomic E-state index is -1.45. The molecule has 2 aliphatic rings. The fourth-order valence-electron chi connectivity index (χ4n) is 6.88. The van der Waals surface area contributed by atoms with E-state index in [1.807, 2.05) is 6.92 Å². The number of carboxylic acids is 1. The maximum absolute atomic E-state index is 13.9. The number of phenols is 2. The number of aliphatic hydroxyl groups excluding tert-OH is 1. The number of ether oxygens (including phenoxy) is 1. The van der Waals surface area contributed by atoms with Crippen molar-refractivity contribution in [2.45, 2.75) is 75.1 Å². The van der Waals surface area contributed by atoms with E-state index in [9.17, 15) is 54.0 Å². The second-order valence-electron chi connectivity index (χ2n) is 14.4. The molecule has 5 rings (SSSR count). The molecular formula is C39H48N8O12S. The molecule has 0 spiro atoms. The number of carbonyl (C=O) groups is 5. The van der Waals surface area contributed by atoms with E-state index in [1.54, 1.807) is 24.5 Å². The number of aromatic amines is 1. The number of amides is 5. The van der Waals surface area contributed by atoms with Crippen LogP contribution in [0.5, 0.6) is 11.5 Å². The smallest absolute Gasteiger partial charge is 0.331 e. The predicted octanol–water partition coefficient (Wildman–Crippen LogP) is -0.479. The number of likely N-dealkylation sites (N-methyl/N-ethyl adjacent to an activating group) is 1. The average molecular weight is 853 g/mol. The van der Waals surface area contributed by atoms with Crippen LogP contribution >= 0.6 is 11.8 Å². The third-order valence-corrected chi connectivity index (χ3v) is 10.6. The number of urea groups is 1. The van der Waals surface area contributed by atoms with Gasteiger partial charge in [0.1, 0.15) is 41.5 Å². The fourth-order valence-corrected chi connectivity index (χ4v) is 7.35. The largest absolute Gasteiger partial charge is 0.508 e. The lowest BCUT2D eigenvalue weighted by molar-refractivity contribution is -0.139. The van der Waals surface area contributed by atoms with Gasteiger partial charge in [0, 0.05) is 50.9 Å². The molecule has 2 aliphatic heterocycles. The molecule has 5 amide bonds. The summed E-state index contributed by atoms with van der Waals surface area (Å²) in [4.78, 5) is 94.1. The number of rotatable bonds is 16. The summed E-state index contributed by atoms with van der Waals surface area (Å²) in [5.74, 6) is -3.01. The number of aromatic nitrogens is 2. The summed E-state index contributed by atoms with van der Waals surface area (Å²) in [5.41, 5.74) is 0.621. The molecular weight excluding hydrogens is 805 g/mol. The number of carboxylic acid groups (broad SMARTS) is 1. The van der Waals surface area contributed by atoms with E-state index >= 15 is 0 Å². The SMILES string of the molecule is CSCC[C@H](NC(=O)N[C@@H](Cc1cccc(O)c1)C(=O)O)C(=O)NC(CN(C)C(=O)C1Cc2ccc(O)cc2C(C)N1)C(=O)N/C=C1/C[C@@H](O)[C@H](n2ccc(=O)[nH]c2=O)O1. The molecule has 0 aliphatic carbocycles. The van der Waals surface area contributed by atoms with Crippen LogP contribution in [-0.2, 0) is 36.8 Å². The predicted molar refractivity (Wildman–Crippen MR) is 217 cm³/mol. The molecule has 0 bridgehead atoms. The Hall–Kier alpha value is -6.32. The lowest BCUT2D eigenvalue weighted by Crippen LogP contribution is -2.59. The zero-order valence-electron chi connectivity index (χ0n) is 32.9. The fraction of sp³-hybridized carbons (Fsp3) is 0.410. The van der Waals surface area contributed by atoms with Crippen molar-refractivity contribution in [3.05, 3.63) is 104 Å². The minimum Gasteiger partial charge on any atom is -0.508 e. The lowest BCUT2D eigenvalue weighted by Gasteiger charge is -2.34. The summed E-state index contributed by atoms with van der Waals surface area (Å²) in [5, 5.41) is 53.4. The molecule has 20 nitrogen and oxygen atoms in total. The standard InChI is InChI=1S/C39H48N8O12S/c1-20-26-16-24(49)8-7-22(26)15-28(41-20)35(54)46(2)19-30(33(52)40-18-25-17-31(50)36(59-25)47-11-9-32(51)45-39(47)58)42-34(53)27(10-12-60-3)43-38(57)44-29(37(55)56)14-21-5-4-6-23(48)13-21/h4-9,11,13,16,18,20,27-31,36,41,48-50H,10,12,14-15,17,19H2,1-3H3,(H,40,52)(H,42,53)(H,55,56)(H2,43,44,57)(H,45,51,58)/b25-18-/t20?,27-,28?,29-,30?,31+,36+/m0/s1. The van der Waals surface area contributed by atoms with Crippen LogP contribution in [0.15, 0.2) is 76.3 Å². The Morgan fingerprint density at radius 3 is 2.42 bits per heavy atom. The van der Waals surface area contributed by atoms with E-state index in [0.717, 1.165) is 34.2 Å². The molecule has 60 heavy (non-hydrogen) atoms. The van der Waals surface area contributed by atoms with Gasteiger partial charge in [-0.1, -0.05) is 18.2 Å². The molecule has 0 radical (unpaired) electrons. The molecule has 1 saturated heterocycles. The van der Waals surface area contributed by atoms with Crippen molar-refractivity contribution in [2.24, 2.45) is 0 Å². The molecule has 3 heterocycles. The Balaban J connectivity index is 1.33. The first-order valence-electron chi connectivity index (χ1n) is 18.9. The van der Waals surface area contributed by atoms with Gasteiger partial charge in [0.2, 0.25) is 23.9 Å². The number of H-pyrrole nitrogens is 1. The number of carbonyl (C=O) groups excluding carboxylic acids is 4. The maximum Gasteiger partial charge on any atom is 0.331 e. The van der Waals surface area contributed by atoms with Gasteiger partial charge in [-0.15, -0.1) is 0 Å². The van der Waals surface area contributed by atoms with Gasteiger partial charge in [0.25, 0.3) is 5.56 Å². The van der Waals surface area contributed by atoms with E-state index in [-0.39, 0.29) is 55.5 Å². The molecule has 0 saturated carbocycles. The summed E-state index contributed by atoms with van der Waals surface area (Å²) < 4.78 is 6.68. The van der Waals surface area contributed by atoms with Crippen molar-refractivity contribution in [1.29, 1.82) is 0 Å². The number of hydrogen-bond donors (Lipinski definition) is 10. The van der Waals surface area contributed by atoms with Gasteiger partial charge >= 0.3 is 17.7 Å². The minimum absolute atomic E-state index is 0.0495. The number of fused-ring (bicyclic) bond motifs is 1. The van der Waals surface area contributed by atoms with Crippen molar-refractivity contribution in [2.75, 3.05) is 25.6 Å². The van der Waals surface area contributed by atoms with Gasteiger partial charge in [-0.3, -0.25) is 34.0 Å². The van der Waals surface area contributed by atoms with Crippen LogP contribution < -0.4 is 37.8 Å². The normalized spacial score (nSPS) is 20.4. The highest BCUT2D eigenvalue weighted by atomic mass is 32.2.